The van der Waals surface area contributed by atoms with Gasteiger partial charge in [-0.25, -0.2) is 4.79 Å². The molecule has 1 aromatic carbocycles. The second kappa shape index (κ2) is 8.78. The molecule has 0 amide bonds. The van der Waals surface area contributed by atoms with Crippen LogP contribution in [0.1, 0.15) is 71.0 Å². The van der Waals surface area contributed by atoms with Gasteiger partial charge in [-0.05, 0) is 56.6 Å². The van der Waals surface area contributed by atoms with Crippen LogP contribution in [0.4, 0.5) is 0 Å². The van der Waals surface area contributed by atoms with Gasteiger partial charge in [-0.3, -0.25) is 0 Å². The summed E-state index contributed by atoms with van der Waals surface area (Å²) in [5.41, 5.74) is 5.49. The first kappa shape index (κ1) is 20.4. The lowest BCUT2D eigenvalue weighted by molar-refractivity contribution is 0.0694. The van der Waals surface area contributed by atoms with Crippen molar-refractivity contribution in [2.24, 2.45) is 5.92 Å². The van der Waals surface area contributed by atoms with Crippen molar-refractivity contribution < 1.29 is 9.90 Å². The van der Waals surface area contributed by atoms with Gasteiger partial charge in [0.05, 0.1) is 5.56 Å². The molecule has 1 aromatic heterocycles. The first-order valence-electron chi connectivity index (χ1n) is 10.3. The van der Waals surface area contributed by atoms with Crippen molar-refractivity contribution in [3.63, 3.8) is 0 Å². The minimum absolute atomic E-state index is 0.455. The molecule has 0 bridgehead atoms. The Kier molecular flexibility index (Phi) is 6.40. The van der Waals surface area contributed by atoms with Gasteiger partial charge in [-0.15, -0.1) is 0 Å². The van der Waals surface area contributed by atoms with Gasteiger partial charge in [0.2, 0.25) is 0 Å². The summed E-state index contributed by atoms with van der Waals surface area (Å²) >= 11 is 0. The molecule has 150 valence electrons. The molecule has 28 heavy (non-hydrogen) atoms. The third kappa shape index (κ3) is 4.39. The van der Waals surface area contributed by atoms with E-state index < -0.39 is 5.97 Å². The molecule has 0 unspecified atom stereocenters. The van der Waals surface area contributed by atoms with Gasteiger partial charge in [0.15, 0.2) is 0 Å². The molecule has 0 radical (unpaired) electrons. The average Bonchev–Trinajstić information content (AvgIpc) is 2.92. The lowest BCUT2D eigenvalue weighted by Crippen LogP contribution is -2.32. The number of rotatable bonds is 7. The van der Waals surface area contributed by atoms with Crippen molar-refractivity contribution in [2.45, 2.75) is 65.6 Å². The summed E-state index contributed by atoms with van der Waals surface area (Å²) in [5, 5.41) is 13.5. The zero-order chi connectivity index (χ0) is 20.3. The number of benzene rings is 1. The van der Waals surface area contributed by atoms with Crippen LogP contribution in [-0.2, 0) is 13.1 Å². The van der Waals surface area contributed by atoms with Gasteiger partial charge < -0.3 is 15.0 Å². The second-order valence-electron chi connectivity index (χ2n) is 8.20. The molecule has 1 saturated carbocycles. The molecule has 1 fully saturated rings. The highest BCUT2D eigenvalue weighted by molar-refractivity contribution is 5.91. The minimum atomic E-state index is -0.838. The smallest absolute Gasteiger partial charge is 0.337 e. The van der Waals surface area contributed by atoms with Crippen LogP contribution in [0.25, 0.3) is 6.08 Å². The Balaban J connectivity index is 1.82. The molecular formula is C24H32N2O2. The highest BCUT2D eigenvalue weighted by Gasteiger charge is 2.24. The first-order chi connectivity index (χ1) is 13.4. The SMILES string of the molecule is C=Cc1ccc(Cn2c(C)c(CNC3CCC(C)CC3)c(C(=O)O)c2C)cc1. The number of hydrogen-bond donors (Lipinski definition) is 2. The topological polar surface area (TPSA) is 54.3 Å². The van der Waals surface area contributed by atoms with Crippen LogP contribution in [0.5, 0.6) is 0 Å². The Bertz CT molecular complexity index is 840. The Labute approximate surface area is 168 Å². The molecule has 2 aromatic rings. The van der Waals surface area contributed by atoms with E-state index in [0.29, 0.717) is 24.7 Å². The fourth-order valence-electron chi connectivity index (χ4n) is 4.34. The molecule has 0 saturated heterocycles. The van der Waals surface area contributed by atoms with E-state index in [-0.39, 0.29) is 0 Å². The molecule has 2 N–H and O–H groups in total. The van der Waals surface area contributed by atoms with Crippen LogP contribution < -0.4 is 5.32 Å². The summed E-state index contributed by atoms with van der Waals surface area (Å²) in [7, 11) is 0. The predicted octanol–water partition coefficient (Wildman–Crippen LogP) is 5.16. The van der Waals surface area contributed by atoms with Crippen LogP contribution >= 0.6 is 0 Å². The van der Waals surface area contributed by atoms with Gasteiger partial charge in [0.25, 0.3) is 0 Å². The number of aromatic nitrogens is 1. The van der Waals surface area contributed by atoms with E-state index in [1.54, 1.807) is 0 Å². The van der Waals surface area contributed by atoms with Gasteiger partial charge >= 0.3 is 5.97 Å². The van der Waals surface area contributed by atoms with E-state index in [0.717, 1.165) is 34.0 Å². The second-order valence-corrected chi connectivity index (χ2v) is 8.20. The lowest BCUT2D eigenvalue weighted by atomic mass is 9.87. The average molecular weight is 381 g/mol. The number of nitrogens with one attached hydrogen (secondary N) is 1. The van der Waals surface area contributed by atoms with Crippen LogP contribution in [0, 0.1) is 19.8 Å². The molecule has 3 rings (SSSR count). The van der Waals surface area contributed by atoms with Gasteiger partial charge in [-0.1, -0.05) is 43.8 Å². The van der Waals surface area contributed by atoms with Gasteiger partial charge in [0, 0.05) is 36.1 Å². The summed E-state index contributed by atoms with van der Waals surface area (Å²) in [4.78, 5) is 12.0. The lowest BCUT2D eigenvalue weighted by Gasteiger charge is -2.27. The van der Waals surface area contributed by atoms with E-state index in [1.165, 1.54) is 25.7 Å². The third-order valence-electron chi connectivity index (χ3n) is 6.26. The fraction of sp³-hybridized carbons (Fsp3) is 0.458. The Morgan fingerprint density at radius 2 is 1.82 bits per heavy atom. The quantitative estimate of drug-likeness (QED) is 0.697. The molecule has 4 nitrogen and oxygen atoms in total. The van der Waals surface area contributed by atoms with E-state index in [2.05, 4.69) is 35.5 Å². The van der Waals surface area contributed by atoms with Crippen LogP contribution in [0.2, 0.25) is 0 Å². The minimum Gasteiger partial charge on any atom is -0.478 e. The van der Waals surface area contributed by atoms with Crippen LogP contribution in [0.15, 0.2) is 30.8 Å². The molecule has 4 heteroatoms. The number of carboxylic acids is 1. The highest BCUT2D eigenvalue weighted by atomic mass is 16.4. The highest BCUT2D eigenvalue weighted by Crippen LogP contribution is 2.27. The Morgan fingerprint density at radius 3 is 2.39 bits per heavy atom. The zero-order valence-electron chi connectivity index (χ0n) is 17.3. The molecule has 1 aliphatic carbocycles. The largest absolute Gasteiger partial charge is 0.478 e. The molecule has 0 atom stereocenters. The Hall–Kier alpha value is -2.33. The third-order valence-corrected chi connectivity index (χ3v) is 6.26. The Morgan fingerprint density at radius 1 is 1.18 bits per heavy atom. The van der Waals surface area contributed by atoms with E-state index >= 15 is 0 Å². The summed E-state index contributed by atoms with van der Waals surface area (Å²) in [6, 6.07) is 8.74. The van der Waals surface area contributed by atoms with Crippen molar-refractivity contribution in [1.29, 1.82) is 0 Å². The summed E-state index contributed by atoms with van der Waals surface area (Å²) in [5.74, 6) is -0.0272. The number of hydrogen-bond acceptors (Lipinski definition) is 2. The van der Waals surface area contributed by atoms with Gasteiger partial charge in [-0.2, -0.15) is 0 Å². The number of carboxylic acid groups (broad SMARTS) is 1. The fourth-order valence-corrected chi connectivity index (χ4v) is 4.34. The summed E-state index contributed by atoms with van der Waals surface area (Å²) in [6.07, 6.45) is 6.69. The summed E-state index contributed by atoms with van der Waals surface area (Å²) in [6.45, 7) is 11.4. The van der Waals surface area contributed by atoms with Crippen LogP contribution in [0.3, 0.4) is 0 Å². The van der Waals surface area contributed by atoms with E-state index in [1.807, 2.05) is 32.1 Å². The normalized spacial score (nSPS) is 19.5. The van der Waals surface area contributed by atoms with Crippen molar-refractivity contribution in [1.82, 2.24) is 9.88 Å². The molecule has 1 heterocycles. The molecule has 0 spiro atoms. The standard InChI is InChI=1S/C24H32N2O2/c1-5-19-8-10-20(11-9-19)15-26-17(3)22(23(18(26)4)24(27)28)14-25-21-12-6-16(2)7-13-21/h5,8-11,16,21,25H,1,6-7,12-15H2,2-4H3,(H,27,28). The van der Waals surface area contributed by atoms with E-state index in [9.17, 15) is 9.90 Å². The van der Waals surface area contributed by atoms with Crippen molar-refractivity contribution >= 4 is 12.0 Å². The number of aromatic carboxylic acids is 1. The monoisotopic (exact) mass is 380 g/mol. The van der Waals surface area contributed by atoms with E-state index in [4.69, 9.17) is 0 Å². The predicted molar refractivity (Wildman–Crippen MR) is 115 cm³/mol. The zero-order valence-corrected chi connectivity index (χ0v) is 17.3. The maximum absolute atomic E-state index is 12.0. The van der Waals surface area contributed by atoms with Crippen molar-refractivity contribution in [3.05, 3.63) is 64.5 Å². The van der Waals surface area contributed by atoms with Crippen LogP contribution in [-0.4, -0.2) is 21.7 Å². The summed E-state index contributed by atoms with van der Waals surface area (Å²) < 4.78 is 2.13. The maximum Gasteiger partial charge on any atom is 0.337 e. The van der Waals surface area contributed by atoms with Crippen molar-refractivity contribution in [2.75, 3.05) is 0 Å². The number of carbonyl (C=O) groups is 1. The molecular weight excluding hydrogens is 348 g/mol. The van der Waals surface area contributed by atoms with Crippen molar-refractivity contribution in [3.8, 4) is 0 Å². The first-order valence-corrected chi connectivity index (χ1v) is 10.3. The number of nitrogens with zero attached hydrogens (tertiary/aromatic N) is 1. The maximum atomic E-state index is 12.0. The van der Waals surface area contributed by atoms with Gasteiger partial charge in [0.1, 0.15) is 0 Å². The molecule has 1 aliphatic rings. The molecule has 0 aliphatic heterocycles.